The lowest BCUT2D eigenvalue weighted by atomic mass is 10.5. The van der Waals surface area contributed by atoms with Crippen LogP contribution in [0.2, 0.25) is 0 Å². The molecule has 0 aromatic rings. The number of hydrogen-bond donors (Lipinski definition) is 1. The molecule has 3 heteroatoms. The summed E-state index contributed by atoms with van der Waals surface area (Å²) in [6.07, 6.45) is 0. The summed E-state index contributed by atoms with van der Waals surface area (Å²) in [6, 6.07) is 0. The minimum absolute atomic E-state index is 0. The number of Topliss-reactive ketones (excluding diaryl/α,β-unsaturated/α-hetero) is 1. The van der Waals surface area contributed by atoms with Crippen LogP contribution in [0.4, 0.5) is 0 Å². The van der Waals surface area contributed by atoms with Crippen LogP contribution in [0.1, 0.15) is 50.0 Å². The maximum atomic E-state index is 9.44. The smallest absolute Gasteiger partial charge is 0.126 e. The lowest BCUT2D eigenvalue weighted by Crippen LogP contribution is -1.74. The monoisotopic (exact) mass is 179 g/mol. The van der Waals surface area contributed by atoms with Gasteiger partial charge in [-0.1, -0.05) is 27.4 Å². The molecule has 0 radical (unpaired) electrons. The van der Waals surface area contributed by atoms with E-state index in [1.807, 2.05) is 0 Å². The third kappa shape index (κ3) is 466. The fraction of sp³-hybridized carbons (Fsp3) is 0.778. The van der Waals surface area contributed by atoms with Crippen molar-refractivity contribution in [3.63, 3.8) is 0 Å². The van der Waals surface area contributed by atoms with Crippen LogP contribution in [0.25, 0.3) is 0 Å². The van der Waals surface area contributed by atoms with Gasteiger partial charge in [-0.05, 0) is 27.7 Å². The largest absolute Gasteiger partial charge is 0.411 e. The molecule has 0 saturated carbocycles. The second kappa shape index (κ2) is 22.5. The molecule has 0 fully saturated rings. The molecule has 0 heterocycles. The van der Waals surface area contributed by atoms with E-state index in [2.05, 4.69) is 5.16 Å². The van der Waals surface area contributed by atoms with Gasteiger partial charge in [0.15, 0.2) is 0 Å². The highest BCUT2D eigenvalue weighted by Crippen LogP contribution is 1.62. The molecule has 0 rings (SSSR count). The summed E-state index contributed by atoms with van der Waals surface area (Å²) >= 11 is 0. The Morgan fingerprint density at radius 1 is 1.00 bits per heavy atom. The topological polar surface area (TPSA) is 49.7 Å². The van der Waals surface area contributed by atoms with E-state index in [1.54, 1.807) is 13.8 Å². The number of rotatable bonds is 0. The Labute approximate surface area is 77.5 Å². The average Bonchev–Trinajstić information content (AvgIpc) is 1.65. The van der Waals surface area contributed by atoms with Gasteiger partial charge in [0.1, 0.15) is 5.78 Å². The molecule has 0 aromatic heterocycles. The number of ketones is 1. The first-order valence-electron chi connectivity index (χ1n) is 2.63. The van der Waals surface area contributed by atoms with Crippen molar-refractivity contribution < 1.29 is 10.0 Å². The molecule has 0 saturated heterocycles. The van der Waals surface area contributed by atoms with E-state index in [1.165, 1.54) is 13.8 Å². The van der Waals surface area contributed by atoms with Crippen LogP contribution in [-0.2, 0) is 4.79 Å². The fourth-order valence-electron chi connectivity index (χ4n) is 0. The number of nitrogens with zero attached hydrogens (tertiary/aromatic N) is 1. The van der Waals surface area contributed by atoms with Gasteiger partial charge in [-0.2, -0.15) is 0 Å². The second-order valence-electron chi connectivity index (χ2n) is 1.96. The second-order valence-corrected chi connectivity index (χ2v) is 1.96. The van der Waals surface area contributed by atoms with E-state index in [0.717, 1.165) is 0 Å². The number of carbonyl (C=O) groups excluding carboxylic acids is 1. The van der Waals surface area contributed by atoms with E-state index in [0.29, 0.717) is 5.71 Å². The summed E-state index contributed by atoms with van der Waals surface area (Å²) in [4.78, 5) is 9.44. The molecule has 12 heavy (non-hydrogen) atoms. The standard InChI is InChI=1S/C3H7NO.C3H6O.3CH4/c1-3(2)4-5;1-3(2)4;;;/h5H,1-2H3;1-2H3;3*1H4. The molecule has 78 valence electrons. The highest BCUT2D eigenvalue weighted by atomic mass is 16.4. The highest BCUT2D eigenvalue weighted by molar-refractivity contribution is 5.78. The Kier molecular flexibility index (Phi) is 56.9. The van der Waals surface area contributed by atoms with E-state index in [4.69, 9.17) is 5.21 Å². The summed E-state index contributed by atoms with van der Waals surface area (Å²) in [5.41, 5.74) is 0.685. The van der Waals surface area contributed by atoms with Crippen LogP contribution in [0, 0.1) is 0 Å². The average molecular weight is 179 g/mol. The van der Waals surface area contributed by atoms with E-state index >= 15 is 0 Å². The molecule has 0 spiro atoms. The SMILES string of the molecule is C.C.C.CC(C)=NO.CC(C)=O. The van der Waals surface area contributed by atoms with Gasteiger partial charge in [0.25, 0.3) is 0 Å². The molecule has 0 aromatic carbocycles. The third-order valence-electron chi connectivity index (χ3n) is 0.200. The molecule has 1 N–H and O–H groups in total. The van der Waals surface area contributed by atoms with Crippen LogP contribution in [0.5, 0.6) is 0 Å². The van der Waals surface area contributed by atoms with Crippen LogP contribution in [0.15, 0.2) is 5.16 Å². The van der Waals surface area contributed by atoms with Gasteiger partial charge in [-0.15, -0.1) is 0 Å². The van der Waals surface area contributed by atoms with Gasteiger partial charge >= 0.3 is 0 Å². The van der Waals surface area contributed by atoms with Gasteiger partial charge in [-0.3, -0.25) is 0 Å². The van der Waals surface area contributed by atoms with Crippen LogP contribution < -0.4 is 0 Å². The number of hydrogen-bond acceptors (Lipinski definition) is 3. The first-order chi connectivity index (χ1) is 4.00. The lowest BCUT2D eigenvalue weighted by Gasteiger charge is -1.72. The van der Waals surface area contributed by atoms with Crippen LogP contribution >= 0.6 is 0 Å². The maximum absolute atomic E-state index is 9.44. The molecule has 3 nitrogen and oxygen atoms in total. The first-order valence-corrected chi connectivity index (χ1v) is 2.63. The predicted octanol–water partition coefficient (Wildman–Crippen LogP) is 3.36. The van der Waals surface area contributed by atoms with E-state index in [9.17, 15) is 4.79 Å². The molecule has 0 unspecified atom stereocenters. The Morgan fingerprint density at radius 2 is 1.08 bits per heavy atom. The zero-order chi connectivity index (χ0) is 7.86. The van der Waals surface area contributed by atoms with Crippen LogP contribution in [0.3, 0.4) is 0 Å². The lowest BCUT2D eigenvalue weighted by molar-refractivity contribution is -0.114. The third-order valence-corrected chi connectivity index (χ3v) is 0.200. The van der Waals surface area contributed by atoms with Crippen molar-refractivity contribution in [1.29, 1.82) is 0 Å². The molecule has 0 aliphatic heterocycles. The molecule has 0 aliphatic carbocycles. The molecule has 0 bridgehead atoms. The zero-order valence-electron chi connectivity index (χ0n) is 6.30. The normalized spacial score (nSPS) is 5.00. The van der Waals surface area contributed by atoms with Crippen molar-refractivity contribution >= 4 is 11.5 Å². The summed E-state index contributed by atoms with van der Waals surface area (Å²) in [5, 5.41) is 10.5. The highest BCUT2D eigenvalue weighted by Gasteiger charge is 1.65. The number of oxime groups is 1. The minimum atomic E-state index is 0. The summed E-state index contributed by atoms with van der Waals surface area (Å²) in [7, 11) is 0. The minimum Gasteiger partial charge on any atom is -0.411 e. The molecule has 0 aliphatic rings. The van der Waals surface area contributed by atoms with E-state index in [-0.39, 0.29) is 28.1 Å². The maximum Gasteiger partial charge on any atom is 0.126 e. The van der Waals surface area contributed by atoms with Crippen LogP contribution in [-0.4, -0.2) is 16.7 Å². The van der Waals surface area contributed by atoms with Crippen molar-refractivity contribution in [3.8, 4) is 0 Å². The van der Waals surface area contributed by atoms with Crippen molar-refractivity contribution in [2.45, 2.75) is 50.0 Å². The Balaban J connectivity index is -0.0000000221. The Hall–Kier alpha value is -0.860. The molecular weight excluding hydrogens is 154 g/mol. The van der Waals surface area contributed by atoms with Gasteiger partial charge in [0, 0.05) is 0 Å². The van der Waals surface area contributed by atoms with Crippen molar-refractivity contribution in [3.05, 3.63) is 0 Å². The van der Waals surface area contributed by atoms with Gasteiger partial charge < -0.3 is 10.0 Å². The summed E-state index contributed by atoms with van der Waals surface area (Å²) < 4.78 is 0. The first kappa shape index (κ1) is 30.4. The van der Waals surface area contributed by atoms with Gasteiger partial charge in [-0.25, -0.2) is 0 Å². The van der Waals surface area contributed by atoms with Crippen molar-refractivity contribution in [1.82, 2.24) is 0 Å². The zero-order valence-corrected chi connectivity index (χ0v) is 6.30. The van der Waals surface area contributed by atoms with Gasteiger partial charge in [0.05, 0.1) is 5.71 Å². The quantitative estimate of drug-likeness (QED) is 0.352. The predicted molar refractivity (Wildman–Crippen MR) is 57.1 cm³/mol. The van der Waals surface area contributed by atoms with Crippen molar-refractivity contribution in [2.24, 2.45) is 5.16 Å². The summed E-state index contributed by atoms with van der Waals surface area (Å²) in [5.74, 6) is 0.167. The molecule has 0 atom stereocenters. The molecule has 0 amide bonds. The Morgan fingerprint density at radius 3 is 1.08 bits per heavy atom. The molecular formula is C9H25NO2. The van der Waals surface area contributed by atoms with Crippen molar-refractivity contribution in [2.75, 3.05) is 0 Å². The Bertz CT molecular complexity index is 101. The number of carbonyl (C=O) groups is 1. The van der Waals surface area contributed by atoms with E-state index < -0.39 is 0 Å². The fourth-order valence-corrected chi connectivity index (χ4v) is 0. The van der Waals surface area contributed by atoms with Gasteiger partial charge in [0.2, 0.25) is 0 Å². The summed E-state index contributed by atoms with van der Waals surface area (Å²) in [6.45, 7) is 6.50.